The molecule has 3 atom stereocenters. The van der Waals surface area contributed by atoms with Crippen LogP contribution in [0.25, 0.3) is 0 Å². The number of carbonyl (C=O) groups excluding carboxylic acids is 2. The second-order valence-corrected chi connectivity index (χ2v) is 9.27. The van der Waals surface area contributed by atoms with E-state index in [0.29, 0.717) is 11.8 Å². The molecule has 2 rings (SSSR count). The van der Waals surface area contributed by atoms with Crippen molar-refractivity contribution in [3.05, 3.63) is 0 Å². The van der Waals surface area contributed by atoms with Gasteiger partial charge in [0, 0.05) is 19.8 Å². The van der Waals surface area contributed by atoms with Gasteiger partial charge in [-0.25, -0.2) is 13.6 Å². The first-order valence-corrected chi connectivity index (χ1v) is 11.5. The largest absolute Gasteiger partial charge is 0.468 e. The van der Waals surface area contributed by atoms with E-state index in [1.807, 2.05) is 0 Å². The van der Waals surface area contributed by atoms with Crippen LogP contribution < -0.4 is 0 Å². The van der Waals surface area contributed by atoms with Crippen LogP contribution in [0.2, 0.25) is 0 Å². The fourth-order valence-corrected chi connectivity index (χ4v) is 4.79. The Balaban J connectivity index is 2.09. The first-order valence-electron chi connectivity index (χ1n) is 11.5. The molecule has 2 aliphatic rings. The van der Waals surface area contributed by atoms with E-state index < -0.39 is 61.8 Å². The van der Waals surface area contributed by atoms with Gasteiger partial charge in [0.2, 0.25) is 0 Å². The van der Waals surface area contributed by atoms with E-state index >= 15 is 0 Å². The molecule has 3 unspecified atom stereocenters. The number of fused-ring (bicyclic) bond motifs is 2. The highest BCUT2D eigenvalue weighted by Crippen LogP contribution is 2.44. The van der Waals surface area contributed by atoms with Crippen LogP contribution in [-0.4, -0.2) is 49.0 Å². The van der Waals surface area contributed by atoms with Crippen molar-refractivity contribution >= 4 is 11.9 Å². The lowest BCUT2D eigenvalue weighted by atomic mass is 9.67. The van der Waals surface area contributed by atoms with Crippen LogP contribution in [0, 0.1) is 17.8 Å². The van der Waals surface area contributed by atoms with Gasteiger partial charge in [0.05, 0.1) is 13.2 Å². The summed E-state index contributed by atoms with van der Waals surface area (Å²) in [5.74, 6) is -16.0. The zero-order valence-corrected chi connectivity index (χ0v) is 19.2. The van der Waals surface area contributed by atoms with Crippen molar-refractivity contribution in [1.82, 2.24) is 0 Å². The minimum Gasteiger partial charge on any atom is -0.461 e. The molecular weight excluding hydrogens is 477 g/mol. The molecule has 2 aliphatic carbocycles. The number of carbonyl (C=O) groups is 2. The summed E-state index contributed by atoms with van der Waals surface area (Å²) in [6.45, 7) is -1.14. The molecule has 0 heterocycles. The molecule has 0 radical (unpaired) electrons. The lowest BCUT2D eigenvalue weighted by Crippen LogP contribution is -2.58. The molecule has 2 bridgehead atoms. The summed E-state index contributed by atoms with van der Waals surface area (Å²) in [5, 5.41) is 0. The Labute approximate surface area is 193 Å². The van der Waals surface area contributed by atoms with E-state index in [4.69, 9.17) is 0 Å². The maximum atomic E-state index is 13.9. The Hall–Kier alpha value is -1.59. The van der Waals surface area contributed by atoms with Gasteiger partial charge in [0.15, 0.2) is 0 Å². The molecule has 12 heteroatoms. The lowest BCUT2D eigenvalue weighted by molar-refractivity contribution is -0.358. The summed E-state index contributed by atoms with van der Waals surface area (Å²) >= 11 is 0. The average molecular weight is 508 g/mol. The average Bonchev–Trinajstić information content (AvgIpc) is 2.69. The highest BCUT2D eigenvalue weighted by atomic mass is 19.4. The number of hydrogen-bond donors (Lipinski definition) is 0. The van der Waals surface area contributed by atoms with Gasteiger partial charge in [0.1, 0.15) is 0 Å². The maximum absolute atomic E-state index is 13.9. The summed E-state index contributed by atoms with van der Waals surface area (Å²) in [7, 11) is 0. The van der Waals surface area contributed by atoms with Gasteiger partial charge in [-0.2, -0.15) is 22.0 Å². The van der Waals surface area contributed by atoms with E-state index in [1.54, 1.807) is 0 Å². The lowest BCUT2D eigenvalue weighted by Gasteiger charge is -2.39. The van der Waals surface area contributed by atoms with Crippen LogP contribution in [-0.2, 0) is 23.8 Å². The first-order chi connectivity index (χ1) is 15.6. The molecule has 198 valence electrons. The molecule has 34 heavy (non-hydrogen) atoms. The number of halogens is 7. The second-order valence-electron chi connectivity index (χ2n) is 9.27. The van der Waals surface area contributed by atoms with Gasteiger partial charge in [-0.15, -0.1) is 0 Å². The summed E-state index contributed by atoms with van der Waals surface area (Å²) in [5.41, 5.74) is 0. The minimum absolute atomic E-state index is 0.102. The Kier molecular flexibility index (Phi) is 9.26. The number of esters is 2. The normalized spacial score (nSPS) is 25.4. The van der Waals surface area contributed by atoms with E-state index in [-0.39, 0.29) is 19.3 Å². The van der Waals surface area contributed by atoms with Gasteiger partial charge >= 0.3 is 35.7 Å². The fourth-order valence-electron chi connectivity index (χ4n) is 4.79. The molecule has 2 saturated carbocycles. The van der Waals surface area contributed by atoms with Crippen molar-refractivity contribution in [3.63, 3.8) is 0 Å². The highest BCUT2D eigenvalue weighted by Gasteiger charge is 2.68. The minimum atomic E-state index is -5.71. The van der Waals surface area contributed by atoms with Crippen LogP contribution >= 0.6 is 0 Å². The quantitative estimate of drug-likeness (QED) is 0.193. The van der Waals surface area contributed by atoms with Crippen molar-refractivity contribution in [3.8, 4) is 0 Å². The summed E-state index contributed by atoms with van der Waals surface area (Å²) in [4.78, 5) is 24.5. The Morgan fingerprint density at radius 2 is 1.53 bits per heavy atom. The van der Waals surface area contributed by atoms with Gasteiger partial charge in [-0.1, -0.05) is 19.3 Å². The smallest absolute Gasteiger partial charge is 0.461 e. The van der Waals surface area contributed by atoms with E-state index in [2.05, 4.69) is 14.2 Å². The number of rotatable bonds is 11. The first kappa shape index (κ1) is 28.6. The molecular formula is C22H31F7O5. The third-order valence-corrected chi connectivity index (χ3v) is 6.52. The Morgan fingerprint density at radius 1 is 0.941 bits per heavy atom. The number of hydrogen-bond acceptors (Lipinski definition) is 5. The zero-order chi connectivity index (χ0) is 25.8. The van der Waals surface area contributed by atoms with E-state index in [9.17, 15) is 40.3 Å². The van der Waals surface area contributed by atoms with Crippen molar-refractivity contribution in [1.29, 1.82) is 0 Å². The summed E-state index contributed by atoms with van der Waals surface area (Å²) < 4.78 is 108. The molecule has 0 aromatic carbocycles. The highest BCUT2D eigenvalue weighted by molar-refractivity contribution is 5.83. The van der Waals surface area contributed by atoms with Gasteiger partial charge in [-0.3, -0.25) is 4.79 Å². The zero-order valence-electron chi connectivity index (χ0n) is 19.2. The predicted molar refractivity (Wildman–Crippen MR) is 105 cm³/mol. The SMILES string of the molecule is CCOC(=O)C(OCCC(F)(F)C(C)(F)F)(OC(=O)CCC1CC2CCCC(C2)C1)C(F)(F)F. The van der Waals surface area contributed by atoms with Gasteiger partial charge in [-0.05, 0) is 50.4 Å². The monoisotopic (exact) mass is 508 g/mol. The van der Waals surface area contributed by atoms with E-state index in [0.717, 1.165) is 38.5 Å². The van der Waals surface area contributed by atoms with Crippen LogP contribution in [0.15, 0.2) is 0 Å². The summed E-state index contributed by atoms with van der Waals surface area (Å²) in [6, 6.07) is 0. The third kappa shape index (κ3) is 6.97. The molecule has 0 aromatic heterocycles. The van der Waals surface area contributed by atoms with E-state index in [1.165, 1.54) is 6.92 Å². The third-order valence-electron chi connectivity index (χ3n) is 6.52. The second kappa shape index (κ2) is 11.0. The van der Waals surface area contributed by atoms with Crippen molar-refractivity contribution in [2.75, 3.05) is 13.2 Å². The number of alkyl halides is 7. The van der Waals surface area contributed by atoms with Crippen molar-refractivity contribution in [2.45, 2.75) is 95.4 Å². The molecule has 5 nitrogen and oxygen atoms in total. The molecule has 0 saturated heterocycles. The predicted octanol–water partition coefficient (Wildman–Crippen LogP) is 6.05. The topological polar surface area (TPSA) is 61.8 Å². The maximum Gasteiger partial charge on any atom is 0.468 e. The van der Waals surface area contributed by atoms with Crippen LogP contribution in [0.3, 0.4) is 0 Å². The summed E-state index contributed by atoms with van der Waals surface area (Å²) in [6.07, 6.45) is -1.67. The standard InChI is InChI=1S/C22H31F7O5/c1-3-32-18(31)21(22(27,28)29,33-10-9-20(25,26)19(2,23)24)34-17(30)8-7-16-12-14-5-4-6-15(11-14)13-16/h14-16H,3-13H2,1-2H3. The molecule has 0 N–H and O–H groups in total. The Bertz CT molecular complexity index is 695. The van der Waals surface area contributed by atoms with Crippen molar-refractivity contribution in [2.24, 2.45) is 17.8 Å². The van der Waals surface area contributed by atoms with Crippen LogP contribution in [0.4, 0.5) is 30.7 Å². The van der Waals surface area contributed by atoms with Gasteiger partial charge < -0.3 is 14.2 Å². The van der Waals surface area contributed by atoms with Crippen LogP contribution in [0.5, 0.6) is 0 Å². The number of ether oxygens (including phenoxy) is 3. The van der Waals surface area contributed by atoms with Crippen LogP contribution in [0.1, 0.15) is 71.6 Å². The molecule has 0 amide bonds. The molecule has 2 fully saturated rings. The van der Waals surface area contributed by atoms with Crippen molar-refractivity contribution < 1.29 is 54.5 Å². The molecule has 0 aromatic rings. The fraction of sp³-hybridized carbons (Fsp3) is 0.909. The molecule has 0 spiro atoms. The molecule has 0 aliphatic heterocycles. The Morgan fingerprint density at radius 3 is 2.03 bits per heavy atom. The van der Waals surface area contributed by atoms with Gasteiger partial charge in [0.25, 0.3) is 0 Å².